The summed E-state index contributed by atoms with van der Waals surface area (Å²) in [7, 11) is 0. The number of hydrogen-bond donors (Lipinski definition) is 0. The molecule has 5 rings (SSSR count). The minimum atomic E-state index is -0.157. The topological polar surface area (TPSA) is 67.7 Å². The molecule has 0 spiro atoms. The van der Waals surface area contributed by atoms with E-state index in [1.54, 1.807) is 4.57 Å². The molecule has 4 aromatic rings. The van der Waals surface area contributed by atoms with Gasteiger partial charge in [-0.2, -0.15) is 0 Å². The number of amides is 1. The molecule has 1 aromatic heterocycles. The Bertz CT molecular complexity index is 1480. The minimum Gasteiger partial charge on any atom is -0.492 e. The molecule has 0 saturated carbocycles. The number of para-hydroxylation sites is 3. The Kier molecular flexibility index (Phi) is 7.56. The van der Waals surface area contributed by atoms with E-state index in [2.05, 4.69) is 18.7 Å². The second kappa shape index (κ2) is 11.2. The highest BCUT2D eigenvalue weighted by molar-refractivity contribution is 5.79. The van der Waals surface area contributed by atoms with E-state index in [1.165, 1.54) is 0 Å². The summed E-state index contributed by atoms with van der Waals surface area (Å²) >= 11 is 0. The molecule has 1 amide bonds. The van der Waals surface area contributed by atoms with Gasteiger partial charge in [0.05, 0.1) is 35.7 Å². The quantitative estimate of drug-likeness (QED) is 0.363. The zero-order valence-corrected chi connectivity index (χ0v) is 22.2. The number of nitrogens with zero attached hydrogens (tertiary/aromatic N) is 4. The first kappa shape index (κ1) is 25.7. The molecule has 196 valence electrons. The monoisotopic (exact) mass is 510 g/mol. The fourth-order valence-electron chi connectivity index (χ4n) is 5.33. The van der Waals surface area contributed by atoms with Gasteiger partial charge >= 0.3 is 0 Å². The zero-order valence-electron chi connectivity index (χ0n) is 22.2. The van der Waals surface area contributed by atoms with Crippen molar-refractivity contribution >= 4 is 16.8 Å². The van der Waals surface area contributed by atoms with Crippen LogP contribution in [0.15, 0.2) is 83.7 Å². The summed E-state index contributed by atoms with van der Waals surface area (Å²) in [4.78, 5) is 36.3. The number of piperazine rings is 1. The van der Waals surface area contributed by atoms with Gasteiger partial charge in [0.15, 0.2) is 0 Å². The van der Waals surface area contributed by atoms with Crippen molar-refractivity contribution in [1.29, 1.82) is 0 Å². The Hall–Kier alpha value is -3.97. The molecule has 0 bridgehead atoms. The number of aromatic nitrogens is 2. The van der Waals surface area contributed by atoms with Crippen LogP contribution in [0.3, 0.4) is 0 Å². The number of rotatable bonds is 7. The van der Waals surface area contributed by atoms with E-state index in [1.807, 2.05) is 90.7 Å². The molecule has 1 aliphatic heterocycles. The molecule has 2 atom stereocenters. The normalized spacial score (nSPS) is 16.9. The largest absolute Gasteiger partial charge is 0.492 e. The molecule has 2 heterocycles. The van der Waals surface area contributed by atoms with Gasteiger partial charge in [0.1, 0.15) is 11.6 Å². The highest BCUT2D eigenvalue weighted by Crippen LogP contribution is 2.29. The van der Waals surface area contributed by atoms with Crippen LogP contribution in [0.5, 0.6) is 5.75 Å². The van der Waals surface area contributed by atoms with Crippen LogP contribution in [-0.2, 0) is 11.2 Å². The van der Waals surface area contributed by atoms with Crippen molar-refractivity contribution in [3.63, 3.8) is 0 Å². The predicted octanol–water partition coefficient (Wildman–Crippen LogP) is 4.62. The van der Waals surface area contributed by atoms with Crippen molar-refractivity contribution < 1.29 is 9.53 Å². The lowest BCUT2D eigenvalue weighted by Crippen LogP contribution is -2.55. The van der Waals surface area contributed by atoms with Crippen LogP contribution in [0, 0.1) is 0 Å². The van der Waals surface area contributed by atoms with Crippen molar-refractivity contribution in [3.05, 3.63) is 101 Å². The molecule has 1 fully saturated rings. The third kappa shape index (κ3) is 5.07. The number of hydrogen-bond acceptors (Lipinski definition) is 5. The standard InChI is InChI=1S/C31H34N4O3/c1-4-38-28-17-11-10-16-27(28)35-30(32-26-15-9-8-14-25(26)31(35)37)23(3)33-18-19-34(22(2)21-33)29(36)20-24-12-6-5-7-13-24/h5-17,22-23H,4,18-21H2,1-3H3. The van der Waals surface area contributed by atoms with Gasteiger partial charge in [0.25, 0.3) is 5.56 Å². The van der Waals surface area contributed by atoms with Crippen LogP contribution >= 0.6 is 0 Å². The fraction of sp³-hybridized carbons (Fsp3) is 0.323. The summed E-state index contributed by atoms with van der Waals surface area (Å²) in [6.07, 6.45) is 0.403. The molecule has 2 unspecified atom stereocenters. The fourth-order valence-corrected chi connectivity index (χ4v) is 5.33. The van der Waals surface area contributed by atoms with Crippen LogP contribution in [0.2, 0.25) is 0 Å². The lowest BCUT2D eigenvalue weighted by Gasteiger charge is -2.42. The van der Waals surface area contributed by atoms with Crippen molar-refractivity contribution in [2.45, 2.75) is 39.3 Å². The van der Waals surface area contributed by atoms with E-state index in [0.29, 0.717) is 60.8 Å². The minimum absolute atomic E-state index is 0.0405. The molecule has 7 nitrogen and oxygen atoms in total. The maximum Gasteiger partial charge on any atom is 0.266 e. The Morgan fingerprint density at radius 2 is 1.71 bits per heavy atom. The van der Waals surface area contributed by atoms with E-state index >= 15 is 0 Å². The first-order chi connectivity index (χ1) is 18.5. The van der Waals surface area contributed by atoms with Gasteiger partial charge in [0.2, 0.25) is 5.91 Å². The number of fused-ring (bicyclic) bond motifs is 1. The summed E-state index contributed by atoms with van der Waals surface area (Å²) in [6.45, 7) is 8.62. The Morgan fingerprint density at radius 1 is 1.00 bits per heavy atom. The molecular formula is C31H34N4O3. The summed E-state index contributed by atoms with van der Waals surface area (Å²) in [5.41, 5.74) is 2.27. The molecule has 0 aliphatic carbocycles. The maximum atomic E-state index is 13.9. The summed E-state index contributed by atoms with van der Waals surface area (Å²) in [6, 6.07) is 24.8. The average Bonchev–Trinajstić information content (AvgIpc) is 2.94. The summed E-state index contributed by atoms with van der Waals surface area (Å²) in [5.74, 6) is 1.45. The van der Waals surface area contributed by atoms with Gasteiger partial charge in [-0.3, -0.25) is 19.1 Å². The second-order valence-corrected chi connectivity index (χ2v) is 9.80. The summed E-state index contributed by atoms with van der Waals surface area (Å²) < 4.78 is 7.60. The third-order valence-electron chi connectivity index (χ3n) is 7.31. The Balaban J connectivity index is 1.47. The van der Waals surface area contributed by atoms with Gasteiger partial charge in [0, 0.05) is 25.7 Å². The van der Waals surface area contributed by atoms with Gasteiger partial charge < -0.3 is 9.64 Å². The zero-order chi connectivity index (χ0) is 26.6. The van der Waals surface area contributed by atoms with Gasteiger partial charge in [-0.15, -0.1) is 0 Å². The lowest BCUT2D eigenvalue weighted by atomic mass is 10.1. The molecular weight excluding hydrogens is 476 g/mol. The number of carbonyl (C=O) groups is 1. The first-order valence-electron chi connectivity index (χ1n) is 13.3. The predicted molar refractivity (Wildman–Crippen MR) is 150 cm³/mol. The van der Waals surface area contributed by atoms with Crippen LogP contribution < -0.4 is 10.3 Å². The molecule has 7 heteroatoms. The van der Waals surface area contributed by atoms with E-state index in [9.17, 15) is 9.59 Å². The molecule has 38 heavy (non-hydrogen) atoms. The van der Waals surface area contributed by atoms with E-state index in [4.69, 9.17) is 9.72 Å². The third-order valence-corrected chi connectivity index (χ3v) is 7.31. The highest BCUT2D eigenvalue weighted by Gasteiger charge is 2.32. The van der Waals surface area contributed by atoms with E-state index in [0.717, 1.165) is 5.56 Å². The van der Waals surface area contributed by atoms with E-state index in [-0.39, 0.29) is 23.6 Å². The number of ether oxygens (including phenoxy) is 1. The smallest absolute Gasteiger partial charge is 0.266 e. The first-order valence-corrected chi connectivity index (χ1v) is 13.3. The Labute approximate surface area is 223 Å². The highest BCUT2D eigenvalue weighted by atomic mass is 16.5. The Morgan fingerprint density at radius 3 is 2.47 bits per heavy atom. The molecule has 0 radical (unpaired) electrons. The van der Waals surface area contributed by atoms with Crippen LogP contribution in [-0.4, -0.2) is 57.5 Å². The van der Waals surface area contributed by atoms with Gasteiger partial charge in [-0.1, -0.05) is 54.6 Å². The SMILES string of the molecule is CCOc1ccccc1-n1c(C(C)N2CCN(C(=O)Cc3ccccc3)C(C)C2)nc2ccccc2c1=O. The molecule has 3 aromatic carbocycles. The van der Waals surface area contributed by atoms with E-state index < -0.39 is 0 Å². The van der Waals surface area contributed by atoms with Crippen molar-refractivity contribution in [3.8, 4) is 11.4 Å². The molecule has 1 aliphatic rings. The molecule has 1 saturated heterocycles. The summed E-state index contributed by atoms with van der Waals surface area (Å²) in [5, 5.41) is 0.569. The lowest BCUT2D eigenvalue weighted by molar-refractivity contribution is -0.135. The van der Waals surface area contributed by atoms with Gasteiger partial charge in [-0.05, 0) is 50.6 Å². The number of carbonyl (C=O) groups excluding carboxylic acids is 1. The second-order valence-electron chi connectivity index (χ2n) is 9.80. The maximum absolute atomic E-state index is 13.9. The van der Waals surface area contributed by atoms with Crippen molar-refractivity contribution in [2.24, 2.45) is 0 Å². The van der Waals surface area contributed by atoms with Crippen LogP contribution in [0.1, 0.15) is 38.2 Å². The average molecular weight is 511 g/mol. The van der Waals surface area contributed by atoms with Gasteiger partial charge in [-0.25, -0.2) is 4.98 Å². The number of benzene rings is 3. The van der Waals surface area contributed by atoms with Crippen LogP contribution in [0.4, 0.5) is 0 Å². The van der Waals surface area contributed by atoms with Crippen molar-refractivity contribution in [2.75, 3.05) is 26.2 Å². The van der Waals surface area contributed by atoms with Crippen molar-refractivity contribution in [1.82, 2.24) is 19.4 Å². The molecule has 0 N–H and O–H groups in total. The van der Waals surface area contributed by atoms with Crippen LogP contribution in [0.25, 0.3) is 16.6 Å².